The van der Waals surface area contributed by atoms with Crippen molar-refractivity contribution in [3.8, 4) is 0 Å². The average molecular weight is 300 g/mol. The molecule has 1 aromatic heterocycles. The molecule has 2 atom stereocenters. The Hall–Kier alpha value is -1.16. The van der Waals surface area contributed by atoms with Gasteiger partial charge in [0, 0.05) is 16.8 Å². The van der Waals surface area contributed by atoms with Gasteiger partial charge >= 0.3 is 0 Å². The highest BCUT2D eigenvalue weighted by Crippen LogP contribution is 2.37. The van der Waals surface area contributed by atoms with Gasteiger partial charge in [0.1, 0.15) is 0 Å². The van der Waals surface area contributed by atoms with Gasteiger partial charge in [-0.1, -0.05) is 29.3 Å². The quantitative estimate of drug-likeness (QED) is 0.664. The number of nitrogens with two attached hydrogens (primary N) is 1. The van der Waals surface area contributed by atoms with Crippen molar-refractivity contribution in [2.75, 3.05) is 0 Å². The highest BCUT2D eigenvalue weighted by atomic mass is 32.1. The maximum Gasteiger partial charge on any atom is 0.0319 e. The minimum Gasteiger partial charge on any atom is -0.271 e. The van der Waals surface area contributed by atoms with Crippen molar-refractivity contribution >= 4 is 11.3 Å². The van der Waals surface area contributed by atoms with Gasteiger partial charge in [-0.25, -0.2) is 0 Å². The lowest BCUT2D eigenvalue weighted by molar-refractivity contribution is 0.397. The van der Waals surface area contributed by atoms with Gasteiger partial charge in [0.05, 0.1) is 0 Å². The summed E-state index contributed by atoms with van der Waals surface area (Å²) < 4.78 is 0. The van der Waals surface area contributed by atoms with Crippen LogP contribution in [0, 0.1) is 13.8 Å². The summed E-state index contributed by atoms with van der Waals surface area (Å²) >= 11 is 1.90. The van der Waals surface area contributed by atoms with Crippen LogP contribution in [0.25, 0.3) is 0 Å². The molecule has 0 amide bonds. The fourth-order valence-electron chi connectivity index (χ4n) is 3.70. The summed E-state index contributed by atoms with van der Waals surface area (Å²) in [6.45, 7) is 4.33. The molecule has 0 fully saturated rings. The number of benzene rings is 1. The van der Waals surface area contributed by atoms with E-state index in [-0.39, 0.29) is 0 Å². The van der Waals surface area contributed by atoms with Crippen molar-refractivity contribution in [3.05, 3.63) is 56.8 Å². The minimum absolute atomic E-state index is 0.319. The van der Waals surface area contributed by atoms with Crippen molar-refractivity contribution in [1.29, 1.82) is 0 Å². The second-order valence-electron chi connectivity index (χ2n) is 6.27. The van der Waals surface area contributed by atoms with E-state index >= 15 is 0 Å². The van der Waals surface area contributed by atoms with Crippen LogP contribution < -0.4 is 11.3 Å². The number of thiophene rings is 1. The molecule has 1 aromatic carbocycles. The van der Waals surface area contributed by atoms with Gasteiger partial charge in [-0.05, 0) is 62.1 Å². The van der Waals surface area contributed by atoms with E-state index in [0.717, 1.165) is 6.42 Å². The highest BCUT2D eigenvalue weighted by molar-refractivity contribution is 7.10. The van der Waals surface area contributed by atoms with Crippen molar-refractivity contribution in [2.45, 2.75) is 51.5 Å². The third-order valence-corrected chi connectivity index (χ3v) is 5.53. The van der Waals surface area contributed by atoms with Crippen LogP contribution in [-0.4, -0.2) is 6.04 Å². The van der Waals surface area contributed by atoms with Crippen LogP contribution in [0.1, 0.15) is 45.9 Å². The Bertz CT molecular complexity index is 597. The SMILES string of the molecule is Cc1cc(C)cc(CC(NN)C2CCCc3sccc32)c1. The first kappa shape index (κ1) is 14.8. The summed E-state index contributed by atoms with van der Waals surface area (Å²) in [4.78, 5) is 1.56. The Labute approximate surface area is 131 Å². The zero-order valence-corrected chi connectivity index (χ0v) is 13.7. The number of aryl methyl sites for hydroxylation is 3. The number of rotatable bonds is 4. The third kappa shape index (κ3) is 3.20. The van der Waals surface area contributed by atoms with Gasteiger partial charge in [-0.15, -0.1) is 11.3 Å². The molecule has 3 N–H and O–H groups in total. The van der Waals surface area contributed by atoms with Crippen LogP contribution in [0.4, 0.5) is 0 Å². The Balaban J connectivity index is 1.83. The summed E-state index contributed by atoms with van der Waals surface area (Å²) in [7, 11) is 0. The molecule has 21 heavy (non-hydrogen) atoms. The lowest BCUT2D eigenvalue weighted by atomic mass is 9.80. The Morgan fingerprint density at radius 2 is 2.05 bits per heavy atom. The first-order valence-corrected chi connectivity index (χ1v) is 8.65. The number of hydrogen-bond donors (Lipinski definition) is 2. The van der Waals surface area contributed by atoms with Crippen LogP contribution in [0.5, 0.6) is 0 Å². The summed E-state index contributed by atoms with van der Waals surface area (Å²) in [6, 6.07) is 9.42. The van der Waals surface area contributed by atoms with Crippen molar-refractivity contribution in [3.63, 3.8) is 0 Å². The predicted octanol–water partition coefficient (Wildman–Crippen LogP) is 3.86. The fraction of sp³-hybridized carbons (Fsp3) is 0.444. The van der Waals surface area contributed by atoms with Crippen molar-refractivity contribution in [1.82, 2.24) is 5.43 Å². The summed E-state index contributed by atoms with van der Waals surface area (Å²) in [5.41, 5.74) is 8.68. The van der Waals surface area contributed by atoms with Gasteiger partial charge in [0.2, 0.25) is 0 Å². The molecule has 0 spiro atoms. The van der Waals surface area contributed by atoms with Gasteiger partial charge in [0.15, 0.2) is 0 Å². The summed E-state index contributed by atoms with van der Waals surface area (Å²) in [5.74, 6) is 6.45. The summed E-state index contributed by atoms with van der Waals surface area (Å²) in [6.07, 6.45) is 4.76. The van der Waals surface area contributed by atoms with Crippen LogP contribution in [-0.2, 0) is 12.8 Å². The number of hydrazine groups is 1. The molecule has 3 rings (SSSR count). The zero-order valence-electron chi connectivity index (χ0n) is 12.9. The smallest absolute Gasteiger partial charge is 0.0319 e. The molecule has 3 heteroatoms. The molecule has 0 aliphatic heterocycles. The average Bonchev–Trinajstić information content (AvgIpc) is 2.92. The second-order valence-corrected chi connectivity index (χ2v) is 7.27. The first-order valence-electron chi connectivity index (χ1n) is 7.77. The maximum absolute atomic E-state index is 5.91. The Morgan fingerprint density at radius 1 is 1.29 bits per heavy atom. The Kier molecular flexibility index (Phi) is 4.43. The van der Waals surface area contributed by atoms with E-state index in [1.165, 1.54) is 41.5 Å². The van der Waals surface area contributed by atoms with E-state index < -0.39 is 0 Å². The monoisotopic (exact) mass is 300 g/mol. The maximum atomic E-state index is 5.91. The Morgan fingerprint density at radius 3 is 2.76 bits per heavy atom. The summed E-state index contributed by atoms with van der Waals surface area (Å²) in [5, 5.41) is 2.23. The van der Waals surface area contributed by atoms with E-state index in [1.807, 2.05) is 11.3 Å². The van der Waals surface area contributed by atoms with Crippen molar-refractivity contribution in [2.24, 2.45) is 5.84 Å². The molecule has 2 nitrogen and oxygen atoms in total. The lowest BCUT2D eigenvalue weighted by Gasteiger charge is -2.30. The predicted molar refractivity (Wildman–Crippen MR) is 90.7 cm³/mol. The molecule has 0 saturated heterocycles. The molecule has 112 valence electrons. The van der Waals surface area contributed by atoms with Gasteiger partial charge in [-0.3, -0.25) is 11.3 Å². The largest absolute Gasteiger partial charge is 0.271 e. The van der Waals surface area contributed by atoms with Crippen LogP contribution >= 0.6 is 11.3 Å². The first-order chi connectivity index (χ1) is 10.2. The van der Waals surface area contributed by atoms with Crippen LogP contribution in [0.2, 0.25) is 0 Å². The van der Waals surface area contributed by atoms with Crippen LogP contribution in [0.3, 0.4) is 0 Å². The number of hydrogen-bond acceptors (Lipinski definition) is 3. The molecular weight excluding hydrogens is 276 g/mol. The lowest BCUT2D eigenvalue weighted by Crippen LogP contribution is -2.42. The van der Waals surface area contributed by atoms with Crippen molar-refractivity contribution < 1.29 is 0 Å². The minimum atomic E-state index is 0.319. The third-order valence-electron chi connectivity index (χ3n) is 4.54. The topological polar surface area (TPSA) is 38.0 Å². The molecule has 1 heterocycles. The van der Waals surface area contributed by atoms with E-state index in [2.05, 4.69) is 48.9 Å². The molecular formula is C18H24N2S. The standard InChI is InChI=1S/C18H24N2S/c1-12-8-13(2)10-14(9-12)11-17(20-19)15-4-3-5-18-16(15)6-7-21-18/h6-10,15,17,20H,3-5,11,19H2,1-2H3. The number of nitrogens with one attached hydrogen (secondary N) is 1. The van der Waals surface area contributed by atoms with E-state index in [1.54, 1.807) is 4.88 Å². The zero-order chi connectivity index (χ0) is 14.8. The van der Waals surface area contributed by atoms with Gasteiger partial charge in [-0.2, -0.15) is 0 Å². The molecule has 0 saturated carbocycles. The van der Waals surface area contributed by atoms with E-state index in [9.17, 15) is 0 Å². The molecule has 2 unspecified atom stereocenters. The van der Waals surface area contributed by atoms with Gasteiger partial charge < -0.3 is 0 Å². The van der Waals surface area contributed by atoms with E-state index in [4.69, 9.17) is 5.84 Å². The van der Waals surface area contributed by atoms with Gasteiger partial charge in [0.25, 0.3) is 0 Å². The second kappa shape index (κ2) is 6.30. The molecule has 0 bridgehead atoms. The molecule has 2 aromatic rings. The highest BCUT2D eigenvalue weighted by Gasteiger charge is 2.28. The van der Waals surface area contributed by atoms with Crippen LogP contribution in [0.15, 0.2) is 29.6 Å². The number of fused-ring (bicyclic) bond motifs is 1. The van der Waals surface area contributed by atoms with E-state index in [0.29, 0.717) is 12.0 Å². The normalized spacial score (nSPS) is 19.3. The molecule has 0 radical (unpaired) electrons. The fourth-order valence-corrected chi connectivity index (χ4v) is 4.69. The molecule has 1 aliphatic carbocycles. The molecule has 1 aliphatic rings.